The maximum Gasteiger partial charge on any atom is 0.339 e. The molecule has 0 fully saturated rings. The summed E-state index contributed by atoms with van der Waals surface area (Å²) in [4.78, 5) is 30.4. The summed E-state index contributed by atoms with van der Waals surface area (Å²) < 4.78 is 11.3. The molecule has 0 aromatic carbocycles. The summed E-state index contributed by atoms with van der Waals surface area (Å²) >= 11 is 1.35. The summed E-state index contributed by atoms with van der Waals surface area (Å²) in [6, 6.07) is 3.71. The highest BCUT2D eigenvalue weighted by Gasteiger charge is 2.22. The highest BCUT2D eigenvalue weighted by Crippen LogP contribution is 2.25. The van der Waals surface area contributed by atoms with Gasteiger partial charge in [0, 0.05) is 18.8 Å². The molecule has 10 nitrogen and oxygen atoms in total. The van der Waals surface area contributed by atoms with Gasteiger partial charge in [0.15, 0.2) is 18.1 Å². The first-order valence-electron chi connectivity index (χ1n) is 10.6. The number of hydrogen-bond acceptors (Lipinski definition) is 8. The fourth-order valence-corrected chi connectivity index (χ4v) is 4.69. The number of thiophene rings is 1. The molecule has 0 saturated carbocycles. The molecule has 0 unspecified atom stereocenters. The van der Waals surface area contributed by atoms with E-state index in [1.807, 2.05) is 39.1 Å². The number of carbonyl (C=O) groups excluding carboxylic acids is 1. The Morgan fingerprint density at radius 3 is 2.73 bits per heavy atom. The number of esters is 1. The van der Waals surface area contributed by atoms with Crippen molar-refractivity contribution < 1.29 is 9.53 Å². The molecule has 0 atom stereocenters. The average molecular weight is 466 g/mol. The van der Waals surface area contributed by atoms with E-state index in [1.165, 1.54) is 15.9 Å². The molecule has 0 bridgehead atoms. The second kappa shape index (κ2) is 7.77. The molecule has 0 saturated heterocycles. The van der Waals surface area contributed by atoms with Crippen molar-refractivity contribution in [2.24, 2.45) is 7.05 Å². The number of ether oxygens (including phenoxy) is 1. The number of carbonyl (C=O) groups is 1. The zero-order chi connectivity index (χ0) is 23.4. The average Bonchev–Trinajstić information content (AvgIpc) is 3.52. The van der Waals surface area contributed by atoms with Crippen LogP contribution in [0.25, 0.3) is 27.0 Å². The van der Waals surface area contributed by atoms with Crippen LogP contribution in [0, 0.1) is 0 Å². The van der Waals surface area contributed by atoms with Gasteiger partial charge in [0.1, 0.15) is 4.70 Å². The molecule has 11 heteroatoms. The van der Waals surface area contributed by atoms with Crippen molar-refractivity contribution in [3.8, 4) is 0 Å². The van der Waals surface area contributed by atoms with Gasteiger partial charge >= 0.3 is 5.97 Å². The van der Waals surface area contributed by atoms with Gasteiger partial charge in [-0.3, -0.25) is 13.8 Å². The van der Waals surface area contributed by atoms with Crippen molar-refractivity contribution in [3.05, 3.63) is 51.1 Å². The number of rotatable bonds is 5. The topological polar surface area (TPSA) is 109 Å². The van der Waals surface area contributed by atoms with Crippen LogP contribution >= 0.6 is 11.3 Å². The first-order valence-corrected chi connectivity index (χ1v) is 11.5. The Hall–Kier alpha value is -3.60. The van der Waals surface area contributed by atoms with Gasteiger partial charge in [-0.15, -0.1) is 21.5 Å². The number of aromatic nitrogens is 7. The Kier molecular flexibility index (Phi) is 5.00. The zero-order valence-corrected chi connectivity index (χ0v) is 19.8. The van der Waals surface area contributed by atoms with Crippen LogP contribution in [0.1, 0.15) is 61.5 Å². The van der Waals surface area contributed by atoms with E-state index < -0.39 is 5.97 Å². The molecule has 0 aliphatic carbocycles. The Bertz CT molecular complexity index is 1590. The SMILES string of the molecule is CC(C)c1cc(C(=O)OCc2nnc3n(C)c(=O)c4sccc4n23)c2cnn(C(C)C)c2n1. The minimum absolute atomic E-state index is 0.0949. The summed E-state index contributed by atoms with van der Waals surface area (Å²) in [6.07, 6.45) is 1.65. The van der Waals surface area contributed by atoms with Crippen molar-refractivity contribution in [3.63, 3.8) is 0 Å². The summed E-state index contributed by atoms with van der Waals surface area (Å²) in [5.74, 6) is 0.467. The molecule has 5 aromatic heterocycles. The zero-order valence-electron chi connectivity index (χ0n) is 18.9. The molecule has 5 heterocycles. The molecule has 33 heavy (non-hydrogen) atoms. The Morgan fingerprint density at radius 2 is 2.00 bits per heavy atom. The molecule has 0 aliphatic rings. The smallest absolute Gasteiger partial charge is 0.339 e. The van der Waals surface area contributed by atoms with E-state index in [1.54, 1.807) is 28.4 Å². The third-order valence-electron chi connectivity index (χ3n) is 5.62. The Balaban J connectivity index is 1.54. The fraction of sp³-hybridized carbons (Fsp3) is 0.364. The maximum atomic E-state index is 13.2. The van der Waals surface area contributed by atoms with Gasteiger partial charge in [0.2, 0.25) is 5.78 Å². The first kappa shape index (κ1) is 21.3. The summed E-state index contributed by atoms with van der Waals surface area (Å²) in [7, 11) is 1.65. The predicted octanol–water partition coefficient (Wildman–Crippen LogP) is 3.45. The third-order valence-corrected chi connectivity index (χ3v) is 6.51. The van der Waals surface area contributed by atoms with Crippen LogP contribution in [0.5, 0.6) is 0 Å². The van der Waals surface area contributed by atoms with Crippen molar-refractivity contribution in [2.75, 3.05) is 0 Å². The van der Waals surface area contributed by atoms with E-state index in [2.05, 4.69) is 15.3 Å². The van der Waals surface area contributed by atoms with Gasteiger partial charge in [0.05, 0.1) is 22.7 Å². The minimum Gasteiger partial charge on any atom is -0.454 e. The van der Waals surface area contributed by atoms with Crippen molar-refractivity contribution in [1.82, 2.24) is 33.9 Å². The molecule has 5 rings (SSSR count). The molecule has 0 radical (unpaired) electrons. The van der Waals surface area contributed by atoms with Crippen LogP contribution in [-0.4, -0.2) is 39.9 Å². The lowest BCUT2D eigenvalue weighted by molar-refractivity contribution is 0.0463. The van der Waals surface area contributed by atoms with Crippen molar-refractivity contribution in [2.45, 2.75) is 46.3 Å². The highest BCUT2D eigenvalue weighted by atomic mass is 32.1. The van der Waals surface area contributed by atoms with Crippen molar-refractivity contribution in [1.29, 1.82) is 0 Å². The number of pyridine rings is 1. The first-order chi connectivity index (χ1) is 15.8. The van der Waals surface area contributed by atoms with Crippen LogP contribution in [0.4, 0.5) is 0 Å². The van der Waals surface area contributed by atoms with Gasteiger partial charge in [-0.05, 0) is 37.3 Å². The van der Waals surface area contributed by atoms with Crippen molar-refractivity contribution >= 4 is 44.3 Å². The Labute approximate surface area is 192 Å². The number of nitrogens with zero attached hydrogens (tertiary/aromatic N) is 7. The fourth-order valence-electron chi connectivity index (χ4n) is 3.83. The van der Waals surface area contributed by atoms with E-state index in [0.717, 1.165) is 5.69 Å². The summed E-state index contributed by atoms with van der Waals surface area (Å²) in [6.45, 7) is 7.99. The second-order valence-electron chi connectivity index (χ2n) is 8.50. The second-order valence-corrected chi connectivity index (χ2v) is 9.41. The molecule has 170 valence electrons. The molecular weight excluding hydrogens is 442 g/mol. The molecule has 0 spiro atoms. The molecule has 5 aromatic rings. The standard InChI is InChI=1S/C22H23N7O3S/c1-11(2)15-8-13(14-9-23-29(12(3)4)19(14)24-15)21(31)32-10-17-25-26-22-27(5)20(30)18-16(28(17)22)6-7-33-18/h6-9,11-12H,10H2,1-5H3. The normalized spacial score (nSPS) is 12.1. The Morgan fingerprint density at radius 1 is 1.21 bits per heavy atom. The van der Waals surface area contributed by atoms with Crippen LogP contribution in [0.2, 0.25) is 0 Å². The molecular formula is C22H23N7O3S. The van der Waals surface area contributed by atoms with Gasteiger partial charge < -0.3 is 4.74 Å². The highest BCUT2D eigenvalue weighted by molar-refractivity contribution is 7.17. The van der Waals surface area contributed by atoms with Gasteiger partial charge in [-0.25, -0.2) is 14.5 Å². The monoisotopic (exact) mass is 465 g/mol. The lowest BCUT2D eigenvalue weighted by atomic mass is 10.1. The van der Waals surface area contributed by atoms with Gasteiger partial charge in [-0.1, -0.05) is 13.8 Å². The molecule has 0 amide bonds. The third kappa shape index (κ3) is 3.30. The van der Waals surface area contributed by atoms with Crippen LogP contribution in [0.3, 0.4) is 0 Å². The van der Waals surface area contributed by atoms with E-state index in [0.29, 0.717) is 38.4 Å². The quantitative estimate of drug-likeness (QED) is 0.366. The summed E-state index contributed by atoms with van der Waals surface area (Å²) in [5, 5.41) is 15.2. The largest absolute Gasteiger partial charge is 0.454 e. The van der Waals surface area contributed by atoms with Crippen LogP contribution < -0.4 is 5.56 Å². The lowest BCUT2D eigenvalue weighted by Gasteiger charge is -2.12. The van der Waals surface area contributed by atoms with E-state index >= 15 is 0 Å². The van der Waals surface area contributed by atoms with E-state index in [4.69, 9.17) is 9.72 Å². The van der Waals surface area contributed by atoms with Crippen LogP contribution in [-0.2, 0) is 18.4 Å². The number of hydrogen-bond donors (Lipinski definition) is 0. The maximum absolute atomic E-state index is 13.2. The summed E-state index contributed by atoms with van der Waals surface area (Å²) in [5.41, 5.74) is 2.43. The lowest BCUT2D eigenvalue weighted by Crippen LogP contribution is -2.19. The van der Waals surface area contributed by atoms with Gasteiger partial charge in [0.25, 0.3) is 5.56 Å². The van der Waals surface area contributed by atoms with E-state index in [-0.39, 0.29) is 24.1 Å². The van der Waals surface area contributed by atoms with Crippen LogP contribution in [0.15, 0.2) is 28.5 Å². The van der Waals surface area contributed by atoms with Gasteiger partial charge in [-0.2, -0.15) is 5.10 Å². The molecule has 0 aliphatic heterocycles. The van der Waals surface area contributed by atoms with E-state index in [9.17, 15) is 9.59 Å². The number of fused-ring (bicyclic) bond motifs is 4. The molecule has 0 N–H and O–H groups in total. The minimum atomic E-state index is -0.490. The predicted molar refractivity (Wildman–Crippen MR) is 125 cm³/mol. The number of aryl methyl sites for hydroxylation is 1.